The number of carbonyl (C=O) groups is 1. The van der Waals surface area contributed by atoms with Gasteiger partial charge in [-0.15, -0.1) is 0 Å². The minimum atomic E-state index is -0.324. The Balaban J connectivity index is 1.69. The minimum Gasteiger partial charge on any atom is -0.492 e. The largest absolute Gasteiger partial charge is 0.492 e. The lowest BCUT2D eigenvalue weighted by Crippen LogP contribution is -2.31. The standard InChI is InChI=1S/C39H52N2O5/c1-6-8-28-45-39(42)41(5)27-30-44-35-22-18-33(19-23-35)38(37(7-2)32-16-12-11-13-17-32)34-20-24-36(25-21-34)46-31(3)43-29-15-10-9-14-26-40-4/h11-13,16-25,40H,3,6-10,14-15,26-30H2,1-2,4-5H3/b38-37-. The average molecular weight is 629 g/mol. The highest BCUT2D eigenvalue weighted by Crippen LogP contribution is 2.35. The highest BCUT2D eigenvalue weighted by molar-refractivity contribution is 5.98. The van der Waals surface area contributed by atoms with Crippen LogP contribution in [-0.4, -0.2) is 58.0 Å². The van der Waals surface area contributed by atoms with Crippen molar-refractivity contribution < 1.29 is 23.7 Å². The molecular formula is C39H52N2O5. The zero-order valence-electron chi connectivity index (χ0n) is 28.2. The van der Waals surface area contributed by atoms with Crippen LogP contribution < -0.4 is 14.8 Å². The van der Waals surface area contributed by atoms with Crippen LogP contribution in [0.25, 0.3) is 11.1 Å². The lowest BCUT2D eigenvalue weighted by molar-refractivity contribution is 0.104. The van der Waals surface area contributed by atoms with Gasteiger partial charge in [-0.1, -0.05) is 87.7 Å². The maximum Gasteiger partial charge on any atom is 0.409 e. The lowest BCUT2D eigenvalue weighted by Gasteiger charge is -2.18. The van der Waals surface area contributed by atoms with E-state index in [9.17, 15) is 4.79 Å². The molecule has 0 aliphatic heterocycles. The molecule has 1 N–H and O–H groups in total. The van der Waals surface area contributed by atoms with Crippen LogP contribution in [0.1, 0.15) is 75.5 Å². The molecule has 0 spiro atoms. The smallest absolute Gasteiger partial charge is 0.409 e. The Labute approximate surface area is 276 Å². The predicted octanol–water partition coefficient (Wildman–Crippen LogP) is 8.95. The third-order valence-corrected chi connectivity index (χ3v) is 7.61. The normalized spacial score (nSPS) is 11.4. The average Bonchev–Trinajstić information content (AvgIpc) is 3.08. The number of nitrogens with zero attached hydrogens (tertiary/aromatic N) is 1. The Morgan fingerprint density at radius 1 is 0.739 bits per heavy atom. The summed E-state index contributed by atoms with van der Waals surface area (Å²) in [6, 6.07) is 26.7. The molecule has 0 aliphatic carbocycles. The molecule has 3 aromatic carbocycles. The van der Waals surface area contributed by atoms with E-state index in [1.54, 1.807) is 11.9 Å². The fourth-order valence-electron chi connectivity index (χ4n) is 5.00. The van der Waals surface area contributed by atoms with Crippen molar-refractivity contribution in [1.29, 1.82) is 0 Å². The van der Waals surface area contributed by atoms with Crippen molar-refractivity contribution in [3.63, 3.8) is 0 Å². The molecular weight excluding hydrogens is 576 g/mol. The highest BCUT2D eigenvalue weighted by Gasteiger charge is 2.14. The van der Waals surface area contributed by atoms with Crippen LogP contribution in [0.5, 0.6) is 11.5 Å². The van der Waals surface area contributed by atoms with Gasteiger partial charge in [0.05, 0.1) is 19.8 Å². The topological polar surface area (TPSA) is 69.3 Å². The van der Waals surface area contributed by atoms with Crippen molar-refractivity contribution in [3.8, 4) is 11.5 Å². The first-order valence-electron chi connectivity index (χ1n) is 16.6. The molecule has 7 heteroatoms. The van der Waals surface area contributed by atoms with E-state index in [-0.39, 0.29) is 6.09 Å². The van der Waals surface area contributed by atoms with E-state index in [1.807, 2.05) is 37.4 Å². The molecule has 3 aromatic rings. The fourth-order valence-corrected chi connectivity index (χ4v) is 5.00. The Bertz CT molecular complexity index is 1340. The number of ether oxygens (including phenoxy) is 4. The second-order valence-corrected chi connectivity index (χ2v) is 11.2. The maximum atomic E-state index is 12.1. The number of likely N-dealkylation sites (N-methyl/N-ethyl adjacent to an activating group) is 1. The molecule has 1 amide bonds. The number of rotatable bonds is 21. The highest BCUT2D eigenvalue weighted by atomic mass is 16.7. The summed E-state index contributed by atoms with van der Waals surface area (Å²) in [5, 5.41) is 3.18. The Morgan fingerprint density at radius 2 is 1.37 bits per heavy atom. The predicted molar refractivity (Wildman–Crippen MR) is 188 cm³/mol. The summed E-state index contributed by atoms with van der Waals surface area (Å²) in [5.41, 5.74) is 5.74. The number of unbranched alkanes of at least 4 members (excludes halogenated alkanes) is 4. The number of hydrogen-bond acceptors (Lipinski definition) is 6. The van der Waals surface area contributed by atoms with E-state index in [1.165, 1.54) is 24.0 Å². The van der Waals surface area contributed by atoms with Gasteiger partial charge in [0, 0.05) is 7.05 Å². The second kappa shape index (κ2) is 20.7. The SMILES string of the molecule is C=C(OCCCCCCNC)Oc1ccc(/C(=C(/CC)c2ccccc2)c2ccc(OCCN(C)C(=O)OCCCC)cc2)cc1. The van der Waals surface area contributed by atoms with Gasteiger partial charge in [0.15, 0.2) is 0 Å². The summed E-state index contributed by atoms with van der Waals surface area (Å²) in [6.07, 6.45) is 6.85. The molecule has 0 unspecified atom stereocenters. The van der Waals surface area contributed by atoms with Crippen LogP contribution in [-0.2, 0) is 9.47 Å². The molecule has 46 heavy (non-hydrogen) atoms. The van der Waals surface area contributed by atoms with Gasteiger partial charge < -0.3 is 29.2 Å². The van der Waals surface area contributed by atoms with Crippen molar-refractivity contribution in [1.82, 2.24) is 10.2 Å². The van der Waals surface area contributed by atoms with Crippen molar-refractivity contribution in [2.45, 2.75) is 58.8 Å². The quantitative estimate of drug-likeness (QED) is 0.0722. The van der Waals surface area contributed by atoms with E-state index in [0.717, 1.165) is 61.1 Å². The number of amides is 1. The molecule has 0 heterocycles. The monoisotopic (exact) mass is 628 g/mol. The van der Waals surface area contributed by atoms with E-state index in [2.05, 4.69) is 74.3 Å². The zero-order chi connectivity index (χ0) is 33.0. The first-order valence-corrected chi connectivity index (χ1v) is 16.6. The summed E-state index contributed by atoms with van der Waals surface area (Å²) in [4.78, 5) is 13.7. The summed E-state index contributed by atoms with van der Waals surface area (Å²) < 4.78 is 22.8. The summed E-state index contributed by atoms with van der Waals surface area (Å²) >= 11 is 0. The van der Waals surface area contributed by atoms with Gasteiger partial charge in [0.25, 0.3) is 5.95 Å². The zero-order valence-corrected chi connectivity index (χ0v) is 28.2. The molecule has 0 atom stereocenters. The Kier molecular flexibility index (Phi) is 16.3. The summed E-state index contributed by atoms with van der Waals surface area (Å²) in [6.45, 7) is 11.1. The van der Waals surface area contributed by atoms with Gasteiger partial charge in [-0.2, -0.15) is 0 Å². The molecule has 7 nitrogen and oxygen atoms in total. The Hall–Kier alpha value is -4.23. The van der Waals surface area contributed by atoms with Gasteiger partial charge in [-0.05, 0) is 98.0 Å². The molecule has 248 valence electrons. The van der Waals surface area contributed by atoms with E-state index in [0.29, 0.717) is 38.1 Å². The summed E-state index contributed by atoms with van der Waals surface area (Å²) in [7, 11) is 3.70. The molecule has 0 radical (unpaired) electrons. The molecule has 0 fully saturated rings. The fraction of sp³-hybridized carbons (Fsp3) is 0.410. The molecule has 0 aliphatic rings. The third kappa shape index (κ3) is 12.3. The summed E-state index contributed by atoms with van der Waals surface area (Å²) in [5.74, 6) is 1.74. The van der Waals surface area contributed by atoms with Crippen LogP contribution in [0.15, 0.2) is 91.4 Å². The van der Waals surface area contributed by atoms with Crippen molar-refractivity contribution >= 4 is 17.2 Å². The first kappa shape index (κ1) is 36.2. The molecule has 0 aromatic heterocycles. The minimum absolute atomic E-state index is 0.312. The van der Waals surface area contributed by atoms with Gasteiger partial charge in [-0.25, -0.2) is 4.79 Å². The van der Waals surface area contributed by atoms with Gasteiger partial charge in [-0.3, -0.25) is 0 Å². The van der Waals surface area contributed by atoms with E-state index < -0.39 is 0 Å². The number of hydrogen-bond donors (Lipinski definition) is 1. The molecule has 0 saturated heterocycles. The first-order chi connectivity index (χ1) is 22.5. The number of allylic oxidation sites excluding steroid dienone is 1. The number of benzene rings is 3. The van der Waals surface area contributed by atoms with Crippen LogP contribution in [0.4, 0.5) is 4.79 Å². The molecule has 0 bridgehead atoms. The van der Waals surface area contributed by atoms with Crippen molar-refractivity contribution in [3.05, 3.63) is 108 Å². The van der Waals surface area contributed by atoms with Crippen LogP contribution in [0, 0.1) is 0 Å². The number of nitrogens with one attached hydrogen (secondary N) is 1. The van der Waals surface area contributed by atoms with Crippen LogP contribution in [0.3, 0.4) is 0 Å². The maximum absolute atomic E-state index is 12.1. The second-order valence-electron chi connectivity index (χ2n) is 11.2. The molecule has 3 rings (SSSR count). The Morgan fingerprint density at radius 3 is 2.00 bits per heavy atom. The van der Waals surface area contributed by atoms with E-state index >= 15 is 0 Å². The third-order valence-electron chi connectivity index (χ3n) is 7.61. The van der Waals surface area contributed by atoms with Crippen molar-refractivity contribution in [2.75, 3.05) is 47.0 Å². The van der Waals surface area contributed by atoms with Crippen LogP contribution in [0.2, 0.25) is 0 Å². The molecule has 0 saturated carbocycles. The lowest BCUT2D eigenvalue weighted by atomic mass is 9.88. The van der Waals surface area contributed by atoms with Gasteiger partial charge in [0.1, 0.15) is 18.1 Å². The van der Waals surface area contributed by atoms with E-state index in [4.69, 9.17) is 18.9 Å². The van der Waals surface area contributed by atoms with Crippen LogP contribution >= 0.6 is 0 Å². The number of carbonyl (C=O) groups excluding carboxylic acids is 1. The van der Waals surface area contributed by atoms with Gasteiger partial charge in [0.2, 0.25) is 0 Å². The van der Waals surface area contributed by atoms with Crippen molar-refractivity contribution in [2.24, 2.45) is 0 Å². The van der Waals surface area contributed by atoms with Gasteiger partial charge >= 0.3 is 6.09 Å².